The number of nitrogens with one attached hydrogen (secondary N) is 2. The summed E-state index contributed by atoms with van der Waals surface area (Å²) in [6.07, 6.45) is 6.80. The molecule has 0 bridgehead atoms. The van der Waals surface area contributed by atoms with Crippen LogP contribution in [0.25, 0.3) is 0 Å². The van der Waals surface area contributed by atoms with Gasteiger partial charge in [0.25, 0.3) is 0 Å². The minimum absolute atomic E-state index is 0.238. The summed E-state index contributed by atoms with van der Waals surface area (Å²) in [5.41, 5.74) is 2.70. The Morgan fingerprint density at radius 2 is 2.07 bits per heavy atom. The summed E-state index contributed by atoms with van der Waals surface area (Å²) in [5, 5.41) is 6.89. The minimum atomic E-state index is 0.238. The van der Waals surface area contributed by atoms with E-state index in [4.69, 9.17) is 14.5 Å². The van der Waals surface area contributed by atoms with Crippen LogP contribution >= 0.6 is 0 Å². The number of likely N-dealkylation sites (tertiary alicyclic amines) is 1. The molecule has 1 aromatic carbocycles. The first kappa shape index (κ1) is 21.7. The van der Waals surface area contributed by atoms with Crippen LogP contribution in [0.3, 0.4) is 0 Å². The highest BCUT2D eigenvalue weighted by Gasteiger charge is 2.25. The van der Waals surface area contributed by atoms with Gasteiger partial charge in [0.15, 0.2) is 5.96 Å². The second kappa shape index (κ2) is 11.8. The van der Waals surface area contributed by atoms with Crippen LogP contribution in [-0.4, -0.2) is 63.9 Å². The zero-order valence-electron chi connectivity index (χ0n) is 18.0. The van der Waals surface area contributed by atoms with Gasteiger partial charge < -0.3 is 20.1 Å². The van der Waals surface area contributed by atoms with E-state index in [2.05, 4.69) is 40.7 Å². The van der Waals surface area contributed by atoms with E-state index in [1.54, 1.807) is 7.11 Å². The third-order valence-electron chi connectivity index (χ3n) is 5.64. The maximum atomic E-state index is 5.65. The normalized spacial score (nSPS) is 19.0. The molecule has 0 spiro atoms. The average molecular weight is 401 g/mol. The number of guanidine groups is 1. The van der Waals surface area contributed by atoms with Gasteiger partial charge in [-0.1, -0.05) is 29.8 Å². The van der Waals surface area contributed by atoms with Gasteiger partial charge in [0, 0.05) is 18.7 Å². The molecule has 1 fully saturated rings. The summed E-state index contributed by atoms with van der Waals surface area (Å²) in [4.78, 5) is 7.49. The first-order valence-electron chi connectivity index (χ1n) is 11.0. The molecule has 0 saturated carbocycles. The van der Waals surface area contributed by atoms with E-state index in [0.717, 1.165) is 63.9 Å². The quantitative estimate of drug-likeness (QED) is 0.379. The molecule has 29 heavy (non-hydrogen) atoms. The molecule has 2 heterocycles. The molecule has 3 rings (SSSR count). The third kappa shape index (κ3) is 6.47. The molecule has 6 nitrogen and oxygen atoms in total. The van der Waals surface area contributed by atoms with Crippen LogP contribution in [0.1, 0.15) is 44.2 Å². The summed E-state index contributed by atoms with van der Waals surface area (Å²) in [6.45, 7) is 8.40. The van der Waals surface area contributed by atoms with E-state index in [1.165, 1.54) is 24.0 Å². The van der Waals surface area contributed by atoms with E-state index in [9.17, 15) is 0 Å². The molecule has 2 aliphatic heterocycles. The molecule has 2 N–H and O–H groups in total. The molecule has 0 aliphatic carbocycles. The van der Waals surface area contributed by atoms with Gasteiger partial charge in [-0.2, -0.15) is 0 Å². The Balaban J connectivity index is 1.66. The summed E-state index contributed by atoms with van der Waals surface area (Å²) in [5.74, 6) is 1.84. The summed E-state index contributed by atoms with van der Waals surface area (Å²) in [7, 11) is 1.75. The lowest BCUT2D eigenvalue weighted by Gasteiger charge is -2.28. The van der Waals surface area contributed by atoms with Crippen molar-refractivity contribution in [2.45, 2.75) is 38.6 Å². The molecule has 1 atom stereocenters. The maximum Gasteiger partial charge on any atom is 0.191 e. The lowest BCUT2D eigenvalue weighted by molar-refractivity contribution is 0.153. The first-order valence-corrected chi connectivity index (χ1v) is 11.0. The van der Waals surface area contributed by atoms with E-state index in [-0.39, 0.29) is 6.04 Å². The highest BCUT2D eigenvalue weighted by molar-refractivity contribution is 5.79. The number of nitrogens with zero attached hydrogens (tertiary/aromatic N) is 2. The average Bonchev–Trinajstić information content (AvgIpc) is 3.29. The van der Waals surface area contributed by atoms with Crippen LogP contribution in [0, 0.1) is 0 Å². The van der Waals surface area contributed by atoms with Crippen LogP contribution in [0.4, 0.5) is 0 Å². The summed E-state index contributed by atoms with van der Waals surface area (Å²) >= 11 is 0. The molecule has 0 amide bonds. The predicted molar refractivity (Wildman–Crippen MR) is 119 cm³/mol. The number of methoxy groups -OCH3 is 1. The van der Waals surface area contributed by atoms with Gasteiger partial charge in [0.05, 0.1) is 32.9 Å². The van der Waals surface area contributed by atoms with Crippen molar-refractivity contribution in [3.63, 3.8) is 0 Å². The van der Waals surface area contributed by atoms with Gasteiger partial charge in [-0.15, -0.1) is 0 Å². The lowest BCUT2D eigenvalue weighted by atomic mass is 10.0. The predicted octanol–water partition coefficient (Wildman–Crippen LogP) is 3.12. The van der Waals surface area contributed by atoms with Crippen molar-refractivity contribution >= 4 is 5.96 Å². The second-order valence-electron chi connectivity index (χ2n) is 7.58. The SMILES string of the molecule is CCNC(=NCC(c1ccccc1OC)N1CCCC1)NCCC1=CCOCC1. The first-order chi connectivity index (χ1) is 14.3. The van der Waals surface area contributed by atoms with Crippen LogP contribution in [0.2, 0.25) is 0 Å². The maximum absolute atomic E-state index is 5.65. The number of ether oxygens (including phenoxy) is 2. The molecule has 1 unspecified atom stereocenters. The van der Waals surface area contributed by atoms with Gasteiger partial charge in [-0.3, -0.25) is 9.89 Å². The largest absolute Gasteiger partial charge is 0.496 e. The zero-order valence-corrected chi connectivity index (χ0v) is 18.0. The minimum Gasteiger partial charge on any atom is -0.496 e. The summed E-state index contributed by atoms with van der Waals surface area (Å²) < 4.78 is 11.0. The third-order valence-corrected chi connectivity index (χ3v) is 5.64. The van der Waals surface area contributed by atoms with Crippen molar-refractivity contribution in [3.8, 4) is 5.75 Å². The molecule has 160 valence electrons. The smallest absolute Gasteiger partial charge is 0.191 e. The van der Waals surface area contributed by atoms with Crippen molar-refractivity contribution in [2.24, 2.45) is 4.99 Å². The van der Waals surface area contributed by atoms with Gasteiger partial charge in [0.2, 0.25) is 0 Å². The molecular weight excluding hydrogens is 364 g/mol. The van der Waals surface area contributed by atoms with Crippen molar-refractivity contribution in [2.75, 3.05) is 53.0 Å². The Hall–Kier alpha value is -2.05. The zero-order chi connectivity index (χ0) is 20.3. The Morgan fingerprint density at radius 3 is 2.79 bits per heavy atom. The van der Waals surface area contributed by atoms with Crippen LogP contribution in [0.5, 0.6) is 5.75 Å². The highest BCUT2D eigenvalue weighted by Crippen LogP contribution is 2.31. The number of para-hydroxylation sites is 1. The molecule has 1 saturated heterocycles. The fourth-order valence-electron chi connectivity index (χ4n) is 4.06. The van der Waals surface area contributed by atoms with Crippen molar-refractivity contribution in [3.05, 3.63) is 41.5 Å². The van der Waals surface area contributed by atoms with E-state index >= 15 is 0 Å². The lowest BCUT2D eigenvalue weighted by Crippen LogP contribution is -2.39. The van der Waals surface area contributed by atoms with Crippen molar-refractivity contribution in [1.29, 1.82) is 0 Å². The van der Waals surface area contributed by atoms with Crippen LogP contribution in [0.15, 0.2) is 40.9 Å². The number of benzene rings is 1. The van der Waals surface area contributed by atoms with Gasteiger partial charge in [-0.25, -0.2) is 0 Å². The van der Waals surface area contributed by atoms with E-state index in [1.807, 2.05) is 12.1 Å². The Morgan fingerprint density at radius 1 is 1.24 bits per heavy atom. The highest BCUT2D eigenvalue weighted by atomic mass is 16.5. The second-order valence-corrected chi connectivity index (χ2v) is 7.58. The van der Waals surface area contributed by atoms with Gasteiger partial charge in [0.1, 0.15) is 5.75 Å². The summed E-state index contributed by atoms with van der Waals surface area (Å²) in [6, 6.07) is 8.59. The number of aliphatic imine (C=N–C) groups is 1. The van der Waals surface area contributed by atoms with E-state index < -0.39 is 0 Å². The molecule has 1 aromatic rings. The monoisotopic (exact) mass is 400 g/mol. The number of rotatable bonds is 9. The van der Waals surface area contributed by atoms with Crippen LogP contribution < -0.4 is 15.4 Å². The Labute approximate surface area is 175 Å². The van der Waals surface area contributed by atoms with Gasteiger partial charge in [-0.05, 0) is 51.8 Å². The van der Waals surface area contributed by atoms with Crippen molar-refractivity contribution < 1.29 is 9.47 Å². The van der Waals surface area contributed by atoms with Crippen molar-refractivity contribution in [1.82, 2.24) is 15.5 Å². The topological polar surface area (TPSA) is 58.1 Å². The fraction of sp³-hybridized carbons (Fsp3) is 0.609. The van der Waals surface area contributed by atoms with Crippen LogP contribution in [-0.2, 0) is 4.74 Å². The van der Waals surface area contributed by atoms with Gasteiger partial charge >= 0.3 is 0 Å². The van der Waals surface area contributed by atoms with E-state index in [0.29, 0.717) is 6.54 Å². The molecule has 0 radical (unpaired) electrons. The Kier molecular flexibility index (Phi) is 8.83. The Bertz CT molecular complexity index is 683. The molecule has 0 aromatic heterocycles. The molecular formula is C23H36N4O2. The molecule has 6 heteroatoms. The number of hydrogen-bond donors (Lipinski definition) is 2. The standard InChI is InChI=1S/C23H36N4O2/c1-3-24-23(25-13-10-19-11-16-29-17-12-19)26-18-21(27-14-6-7-15-27)20-8-4-5-9-22(20)28-2/h4-5,8-9,11,21H,3,6-7,10,12-18H2,1-2H3,(H2,24,25,26). The molecule has 2 aliphatic rings. The number of hydrogen-bond acceptors (Lipinski definition) is 4. The fourth-order valence-corrected chi connectivity index (χ4v) is 4.06.